The Bertz CT molecular complexity index is 149. The Morgan fingerprint density at radius 1 is 1.78 bits per heavy atom. The lowest BCUT2D eigenvalue weighted by Gasteiger charge is -1.86. The van der Waals surface area contributed by atoms with Gasteiger partial charge in [0.2, 0.25) is 0 Å². The molecule has 0 saturated heterocycles. The fourth-order valence-corrected chi connectivity index (χ4v) is 0.388. The molecule has 1 N–H and O–H groups in total. The van der Waals surface area contributed by atoms with Crippen molar-refractivity contribution in [3.63, 3.8) is 0 Å². The van der Waals surface area contributed by atoms with Crippen molar-refractivity contribution in [1.82, 2.24) is 0 Å². The first-order valence-electron chi connectivity index (χ1n) is 2.41. The Kier molecular flexibility index (Phi) is 3.88. The molecule has 0 amide bonds. The molecule has 50 valence electrons. The van der Waals surface area contributed by atoms with Crippen LogP contribution in [0.3, 0.4) is 0 Å². The summed E-state index contributed by atoms with van der Waals surface area (Å²) in [6, 6.07) is 0. The standard InChI is InChI=1S/C6H8O2S/c1-2-3-4-5(9)6(7)8/h2,4,9H,1,3H2,(H,7,8). The first-order chi connectivity index (χ1) is 4.18. The summed E-state index contributed by atoms with van der Waals surface area (Å²) in [6.07, 6.45) is 3.64. The lowest BCUT2D eigenvalue weighted by molar-refractivity contribution is -0.131. The molecule has 0 aliphatic heterocycles. The number of thiol groups is 1. The summed E-state index contributed by atoms with van der Waals surface area (Å²) >= 11 is 3.67. The van der Waals surface area contributed by atoms with E-state index >= 15 is 0 Å². The van der Waals surface area contributed by atoms with E-state index < -0.39 is 5.97 Å². The maximum absolute atomic E-state index is 10.0. The normalized spacial score (nSPS) is 11.0. The van der Waals surface area contributed by atoms with Crippen LogP contribution in [0.4, 0.5) is 0 Å². The Morgan fingerprint density at radius 2 is 2.33 bits per heavy atom. The van der Waals surface area contributed by atoms with Crippen LogP contribution in [0.15, 0.2) is 23.6 Å². The van der Waals surface area contributed by atoms with Crippen molar-refractivity contribution in [3.05, 3.63) is 23.6 Å². The summed E-state index contributed by atoms with van der Waals surface area (Å²) in [5, 5.41) is 8.23. The van der Waals surface area contributed by atoms with Crippen molar-refractivity contribution in [2.75, 3.05) is 0 Å². The monoisotopic (exact) mass is 144 g/mol. The predicted molar refractivity (Wildman–Crippen MR) is 39.5 cm³/mol. The van der Waals surface area contributed by atoms with Crippen LogP contribution in [-0.2, 0) is 4.79 Å². The lowest BCUT2D eigenvalue weighted by atomic mass is 10.4. The number of carboxylic acid groups (broad SMARTS) is 1. The van der Waals surface area contributed by atoms with Crippen molar-refractivity contribution in [2.24, 2.45) is 0 Å². The average molecular weight is 144 g/mol. The minimum absolute atomic E-state index is 0.0647. The smallest absolute Gasteiger partial charge is 0.341 e. The van der Waals surface area contributed by atoms with Gasteiger partial charge in [-0.05, 0) is 6.42 Å². The molecule has 0 spiro atoms. The van der Waals surface area contributed by atoms with E-state index in [4.69, 9.17) is 5.11 Å². The number of hydrogen-bond donors (Lipinski definition) is 2. The molecule has 2 nitrogen and oxygen atoms in total. The number of allylic oxidation sites excluding steroid dienone is 2. The van der Waals surface area contributed by atoms with Gasteiger partial charge in [0.1, 0.15) is 0 Å². The molecule has 0 rings (SSSR count). The van der Waals surface area contributed by atoms with Crippen molar-refractivity contribution in [2.45, 2.75) is 6.42 Å². The van der Waals surface area contributed by atoms with Crippen LogP contribution in [0.2, 0.25) is 0 Å². The molecule has 0 bridgehead atoms. The van der Waals surface area contributed by atoms with Gasteiger partial charge in [0.05, 0.1) is 4.91 Å². The molecular weight excluding hydrogens is 136 g/mol. The average Bonchev–Trinajstić information content (AvgIpc) is 1.82. The van der Waals surface area contributed by atoms with Gasteiger partial charge in [-0.15, -0.1) is 19.2 Å². The summed E-state index contributed by atoms with van der Waals surface area (Å²) in [5.41, 5.74) is 0. The van der Waals surface area contributed by atoms with E-state index in [9.17, 15) is 4.79 Å². The van der Waals surface area contributed by atoms with Gasteiger partial charge in [-0.2, -0.15) is 0 Å². The zero-order valence-corrected chi connectivity index (χ0v) is 5.77. The Morgan fingerprint density at radius 3 is 2.67 bits per heavy atom. The molecule has 3 heteroatoms. The quantitative estimate of drug-likeness (QED) is 0.357. The van der Waals surface area contributed by atoms with Crippen LogP contribution >= 0.6 is 12.6 Å². The SMILES string of the molecule is C=CCC=C(S)C(=O)O. The fourth-order valence-electron chi connectivity index (χ4n) is 0.282. The lowest BCUT2D eigenvalue weighted by Crippen LogP contribution is -1.92. The second-order valence-corrected chi connectivity index (χ2v) is 1.90. The van der Waals surface area contributed by atoms with E-state index in [0.717, 1.165) is 0 Å². The summed E-state index contributed by atoms with van der Waals surface area (Å²) in [6.45, 7) is 3.42. The first kappa shape index (κ1) is 8.30. The first-order valence-corrected chi connectivity index (χ1v) is 2.86. The predicted octanol–water partition coefficient (Wildman–Crippen LogP) is 1.46. The van der Waals surface area contributed by atoms with Crippen LogP contribution in [0.25, 0.3) is 0 Å². The Labute approximate surface area is 59.3 Å². The van der Waals surface area contributed by atoms with E-state index in [2.05, 4.69) is 19.2 Å². The topological polar surface area (TPSA) is 37.3 Å². The van der Waals surface area contributed by atoms with Crippen molar-refractivity contribution in [3.8, 4) is 0 Å². The zero-order chi connectivity index (χ0) is 7.28. The van der Waals surface area contributed by atoms with E-state index in [1.54, 1.807) is 6.08 Å². The van der Waals surface area contributed by atoms with Gasteiger partial charge in [-0.25, -0.2) is 4.79 Å². The molecule has 0 saturated carbocycles. The van der Waals surface area contributed by atoms with Gasteiger partial charge in [0.15, 0.2) is 0 Å². The van der Waals surface area contributed by atoms with E-state index in [-0.39, 0.29) is 4.91 Å². The molecule has 9 heavy (non-hydrogen) atoms. The molecule has 0 heterocycles. The number of rotatable bonds is 3. The van der Waals surface area contributed by atoms with Crippen LogP contribution in [0, 0.1) is 0 Å². The molecule has 0 atom stereocenters. The molecule has 0 aromatic carbocycles. The van der Waals surface area contributed by atoms with Gasteiger partial charge in [-0.1, -0.05) is 12.2 Å². The highest BCUT2D eigenvalue weighted by Crippen LogP contribution is 2.01. The van der Waals surface area contributed by atoms with Crippen molar-refractivity contribution in [1.29, 1.82) is 0 Å². The second-order valence-electron chi connectivity index (χ2n) is 1.42. The number of carboxylic acids is 1. The number of hydrogen-bond acceptors (Lipinski definition) is 2. The van der Waals surface area contributed by atoms with Crippen molar-refractivity contribution >= 4 is 18.6 Å². The van der Waals surface area contributed by atoms with Crippen LogP contribution in [0.1, 0.15) is 6.42 Å². The summed E-state index contributed by atoms with van der Waals surface area (Å²) in [5.74, 6) is -1.000. The fraction of sp³-hybridized carbons (Fsp3) is 0.167. The van der Waals surface area contributed by atoms with Gasteiger partial charge in [-0.3, -0.25) is 0 Å². The molecule has 0 aliphatic carbocycles. The van der Waals surface area contributed by atoms with Gasteiger partial charge < -0.3 is 5.11 Å². The third-order valence-corrected chi connectivity index (χ3v) is 1.07. The highest BCUT2D eigenvalue weighted by molar-refractivity contribution is 7.85. The van der Waals surface area contributed by atoms with Gasteiger partial charge in [0, 0.05) is 0 Å². The Balaban J connectivity index is 3.83. The molecule has 0 aromatic rings. The third-order valence-electron chi connectivity index (χ3n) is 0.697. The maximum atomic E-state index is 10.0. The second kappa shape index (κ2) is 4.21. The van der Waals surface area contributed by atoms with E-state index in [0.29, 0.717) is 6.42 Å². The molecule has 0 aliphatic rings. The van der Waals surface area contributed by atoms with E-state index in [1.807, 2.05) is 0 Å². The summed E-state index contributed by atoms with van der Waals surface area (Å²) in [7, 11) is 0. The largest absolute Gasteiger partial charge is 0.477 e. The molecule has 0 unspecified atom stereocenters. The minimum atomic E-state index is -1.000. The van der Waals surface area contributed by atoms with Crippen LogP contribution in [-0.4, -0.2) is 11.1 Å². The number of carbonyl (C=O) groups is 1. The van der Waals surface area contributed by atoms with Gasteiger partial charge >= 0.3 is 5.97 Å². The third kappa shape index (κ3) is 3.85. The highest BCUT2D eigenvalue weighted by atomic mass is 32.1. The zero-order valence-electron chi connectivity index (χ0n) is 4.87. The molecule has 0 fully saturated rings. The molecular formula is C6H8O2S. The van der Waals surface area contributed by atoms with Gasteiger partial charge in [0.25, 0.3) is 0 Å². The molecule has 0 aromatic heterocycles. The summed E-state index contributed by atoms with van der Waals surface area (Å²) < 4.78 is 0. The van der Waals surface area contributed by atoms with Crippen molar-refractivity contribution < 1.29 is 9.90 Å². The summed E-state index contributed by atoms with van der Waals surface area (Å²) in [4.78, 5) is 10.1. The number of aliphatic carboxylic acids is 1. The molecule has 0 radical (unpaired) electrons. The van der Waals surface area contributed by atoms with E-state index in [1.165, 1.54) is 6.08 Å². The van der Waals surface area contributed by atoms with Crippen LogP contribution in [0.5, 0.6) is 0 Å². The highest BCUT2D eigenvalue weighted by Gasteiger charge is 1.96. The maximum Gasteiger partial charge on any atom is 0.341 e. The van der Waals surface area contributed by atoms with Crippen LogP contribution < -0.4 is 0 Å². The Hall–Kier alpha value is -0.700. The minimum Gasteiger partial charge on any atom is -0.477 e.